The zero-order valence-electron chi connectivity index (χ0n) is 10.2. The van der Waals surface area contributed by atoms with Crippen molar-refractivity contribution in [2.75, 3.05) is 0 Å². The Hall–Kier alpha value is -1.55. The first-order valence-electron chi connectivity index (χ1n) is 5.47. The fraction of sp³-hybridized carbons (Fsp3) is 0.0909. The molecule has 6 nitrogen and oxygen atoms in total. The van der Waals surface area contributed by atoms with Gasteiger partial charge in [0.15, 0.2) is 4.34 Å². The predicted molar refractivity (Wildman–Crippen MR) is 76.4 cm³/mol. The van der Waals surface area contributed by atoms with Gasteiger partial charge in [-0.1, -0.05) is 23.7 Å². The molecule has 112 valence electrons. The number of rotatable bonds is 5. The molecule has 0 fully saturated rings. The maximum absolute atomic E-state index is 13.0. The van der Waals surface area contributed by atoms with Crippen molar-refractivity contribution in [1.29, 1.82) is 0 Å². The monoisotopic (exact) mass is 350 g/mol. The van der Waals surface area contributed by atoms with Crippen LogP contribution in [0.5, 0.6) is 0 Å². The number of benzene rings is 1. The van der Waals surface area contributed by atoms with Gasteiger partial charge in [0.2, 0.25) is 0 Å². The number of sulfonamides is 1. The Balaban J connectivity index is 2.19. The van der Waals surface area contributed by atoms with Crippen LogP contribution in [0, 0.1) is 15.9 Å². The average Bonchev–Trinajstić information content (AvgIpc) is 2.80. The molecule has 0 saturated heterocycles. The van der Waals surface area contributed by atoms with Gasteiger partial charge >= 0.3 is 0 Å². The highest BCUT2D eigenvalue weighted by molar-refractivity contribution is 7.91. The van der Waals surface area contributed by atoms with Crippen molar-refractivity contribution in [2.24, 2.45) is 0 Å². The third-order valence-corrected chi connectivity index (χ3v) is 5.68. The summed E-state index contributed by atoms with van der Waals surface area (Å²) in [4.78, 5) is 9.89. The van der Waals surface area contributed by atoms with Crippen LogP contribution in [0.2, 0.25) is 4.34 Å². The first kappa shape index (κ1) is 15.8. The molecule has 1 heterocycles. The van der Waals surface area contributed by atoms with Gasteiger partial charge < -0.3 is 0 Å². The van der Waals surface area contributed by atoms with Gasteiger partial charge in [0, 0.05) is 12.6 Å². The molecule has 0 unspecified atom stereocenters. The van der Waals surface area contributed by atoms with Gasteiger partial charge in [0.25, 0.3) is 15.7 Å². The summed E-state index contributed by atoms with van der Waals surface area (Å²) in [6, 6.07) is 6.31. The molecule has 2 aromatic rings. The summed E-state index contributed by atoms with van der Waals surface area (Å²) < 4.78 is 38.7. The highest BCUT2D eigenvalue weighted by Gasteiger charge is 2.25. The molecule has 0 amide bonds. The Morgan fingerprint density at radius 3 is 2.67 bits per heavy atom. The van der Waals surface area contributed by atoms with E-state index in [4.69, 9.17) is 11.6 Å². The Morgan fingerprint density at radius 2 is 2.10 bits per heavy atom. The highest BCUT2D eigenvalue weighted by Crippen LogP contribution is 2.36. The molecule has 10 heteroatoms. The molecule has 1 aromatic heterocycles. The van der Waals surface area contributed by atoms with E-state index in [9.17, 15) is 22.9 Å². The number of hydrogen-bond acceptors (Lipinski definition) is 5. The van der Waals surface area contributed by atoms with E-state index in [0.29, 0.717) is 16.9 Å². The summed E-state index contributed by atoms with van der Waals surface area (Å²) in [5.74, 6) is -0.485. The van der Waals surface area contributed by atoms with Crippen LogP contribution < -0.4 is 4.72 Å². The van der Waals surface area contributed by atoms with Gasteiger partial charge in [-0.25, -0.2) is 17.5 Å². The maximum atomic E-state index is 13.0. The Labute approximate surface area is 128 Å². The van der Waals surface area contributed by atoms with Gasteiger partial charge in [0.05, 0.1) is 4.92 Å². The summed E-state index contributed by atoms with van der Waals surface area (Å²) in [6.07, 6.45) is 0. The zero-order chi connectivity index (χ0) is 15.6. The number of thiophene rings is 1. The first-order valence-corrected chi connectivity index (χ1v) is 8.15. The molecule has 0 aliphatic heterocycles. The van der Waals surface area contributed by atoms with Gasteiger partial charge in [-0.15, -0.1) is 11.3 Å². The summed E-state index contributed by atoms with van der Waals surface area (Å²) >= 11 is 6.21. The molecule has 0 aliphatic carbocycles. The molecule has 1 aromatic carbocycles. The summed E-state index contributed by atoms with van der Waals surface area (Å²) in [5.41, 5.74) is -0.0384. The zero-order valence-corrected chi connectivity index (χ0v) is 12.6. The van der Waals surface area contributed by atoms with E-state index in [1.165, 1.54) is 18.2 Å². The van der Waals surface area contributed by atoms with Crippen molar-refractivity contribution in [2.45, 2.75) is 10.8 Å². The van der Waals surface area contributed by atoms with E-state index in [-0.39, 0.29) is 15.1 Å². The second kappa shape index (κ2) is 6.06. The SMILES string of the molecule is O=[N+]([O-])c1cc(S(=O)(=O)NCc2cccc(F)c2)sc1Cl. The van der Waals surface area contributed by atoms with Crippen molar-refractivity contribution in [3.8, 4) is 0 Å². The lowest BCUT2D eigenvalue weighted by Crippen LogP contribution is -2.22. The van der Waals surface area contributed by atoms with Crippen molar-refractivity contribution in [1.82, 2.24) is 4.72 Å². The van der Waals surface area contributed by atoms with E-state index in [2.05, 4.69) is 4.72 Å². The molecular weight excluding hydrogens is 343 g/mol. The Kier molecular flexibility index (Phi) is 4.57. The highest BCUT2D eigenvalue weighted by atomic mass is 35.5. The van der Waals surface area contributed by atoms with E-state index >= 15 is 0 Å². The lowest BCUT2D eigenvalue weighted by molar-refractivity contribution is -0.384. The quantitative estimate of drug-likeness (QED) is 0.663. The van der Waals surface area contributed by atoms with Crippen molar-refractivity contribution >= 4 is 38.6 Å². The molecule has 0 saturated carbocycles. The van der Waals surface area contributed by atoms with Crippen LogP contribution in [-0.4, -0.2) is 13.3 Å². The second-order valence-corrected chi connectivity index (χ2v) is 7.58. The Morgan fingerprint density at radius 1 is 1.38 bits per heavy atom. The van der Waals surface area contributed by atoms with Crippen molar-refractivity contribution in [3.63, 3.8) is 0 Å². The molecule has 0 bridgehead atoms. The van der Waals surface area contributed by atoms with Gasteiger partial charge in [-0.05, 0) is 17.7 Å². The van der Waals surface area contributed by atoms with Crippen LogP contribution in [-0.2, 0) is 16.6 Å². The number of halogens is 2. The minimum Gasteiger partial charge on any atom is -0.258 e. The van der Waals surface area contributed by atoms with Crippen LogP contribution in [0.1, 0.15) is 5.56 Å². The molecule has 21 heavy (non-hydrogen) atoms. The van der Waals surface area contributed by atoms with E-state index < -0.39 is 26.5 Å². The topological polar surface area (TPSA) is 89.3 Å². The lowest BCUT2D eigenvalue weighted by Gasteiger charge is -2.04. The summed E-state index contributed by atoms with van der Waals surface area (Å²) in [7, 11) is -3.95. The van der Waals surface area contributed by atoms with Gasteiger partial charge in [-0.2, -0.15) is 0 Å². The molecule has 0 atom stereocenters. The molecule has 0 radical (unpaired) electrons. The Bertz CT molecular complexity index is 791. The van der Waals surface area contributed by atoms with E-state index in [0.717, 1.165) is 6.07 Å². The normalized spacial score (nSPS) is 11.5. The summed E-state index contributed by atoms with van der Waals surface area (Å²) in [5, 5.41) is 10.6. The number of nitro groups is 1. The first-order chi connectivity index (χ1) is 9.79. The molecule has 0 aliphatic rings. The number of hydrogen-bond donors (Lipinski definition) is 1. The van der Waals surface area contributed by atoms with Crippen molar-refractivity contribution in [3.05, 3.63) is 56.2 Å². The average molecular weight is 351 g/mol. The van der Waals surface area contributed by atoms with Gasteiger partial charge in [0.1, 0.15) is 10.0 Å². The van der Waals surface area contributed by atoms with E-state index in [1.54, 1.807) is 6.07 Å². The van der Waals surface area contributed by atoms with Crippen LogP contribution in [0.3, 0.4) is 0 Å². The smallest absolute Gasteiger partial charge is 0.258 e. The van der Waals surface area contributed by atoms with Crippen LogP contribution in [0.25, 0.3) is 0 Å². The minimum absolute atomic E-state index is 0.136. The standard InChI is InChI=1S/C11H8ClFN2O4S2/c12-11-9(15(16)17)5-10(20-11)21(18,19)14-6-7-2-1-3-8(13)4-7/h1-5,14H,6H2. The fourth-order valence-electron chi connectivity index (χ4n) is 1.49. The number of nitrogens with zero attached hydrogens (tertiary/aromatic N) is 1. The maximum Gasteiger partial charge on any atom is 0.300 e. The third kappa shape index (κ3) is 3.76. The second-order valence-electron chi connectivity index (χ2n) is 3.94. The molecule has 1 N–H and O–H groups in total. The molecular formula is C11H8ClFN2O4S2. The van der Waals surface area contributed by atoms with E-state index in [1.807, 2.05) is 0 Å². The number of nitrogens with one attached hydrogen (secondary N) is 1. The van der Waals surface area contributed by atoms with Gasteiger partial charge in [-0.3, -0.25) is 10.1 Å². The third-order valence-electron chi connectivity index (χ3n) is 2.46. The minimum atomic E-state index is -3.95. The molecule has 0 spiro atoms. The van der Waals surface area contributed by atoms with Crippen LogP contribution in [0.4, 0.5) is 10.1 Å². The van der Waals surface area contributed by atoms with Crippen molar-refractivity contribution < 1.29 is 17.7 Å². The van der Waals surface area contributed by atoms with Crippen LogP contribution >= 0.6 is 22.9 Å². The summed E-state index contributed by atoms with van der Waals surface area (Å²) in [6.45, 7) is -0.136. The largest absolute Gasteiger partial charge is 0.300 e. The van der Waals surface area contributed by atoms with Crippen LogP contribution in [0.15, 0.2) is 34.5 Å². The fourth-order valence-corrected chi connectivity index (χ4v) is 4.22. The molecule has 2 rings (SSSR count). The predicted octanol–water partition coefficient (Wildman–Crippen LogP) is 2.93. The lowest BCUT2D eigenvalue weighted by atomic mass is 10.2.